The molecule has 0 atom stereocenters. The summed E-state index contributed by atoms with van der Waals surface area (Å²) >= 11 is 4.39. The first kappa shape index (κ1) is 23.1. The number of hydrogen-bond donors (Lipinski definition) is 0. The summed E-state index contributed by atoms with van der Waals surface area (Å²) in [5.41, 5.74) is 2.23. The number of carbonyl (C=O) groups is 2. The van der Waals surface area contributed by atoms with Crippen molar-refractivity contribution in [1.82, 2.24) is 4.90 Å². The van der Waals surface area contributed by atoms with E-state index < -0.39 is 0 Å². The molecule has 168 valence electrons. The van der Waals surface area contributed by atoms with Gasteiger partial charge in [-0.1, -0.05) is 42.5 Å². The highest BCUT2D eigenvalue weighted by Gasteiger charge is 2.35. The molecule has 0 spiro atoms. The largest absolute Gasteiger partial charge is 0.493 e. The quantitative estimate of drug-likeness (QED) is 0.332. The molecule has 33 heavy (non-hydrogen) atoms. The van der Waals surface area contributed by atoms with Gasteiger partial charge < -0.3 is 9.47 Å². The molecule has 0 saturated carbocycles. The molecule has 3 aromatic carbocycles. The maximum absolute atomic E-state index is 13.4. The number of halogens is 2. The fraction of sp³-hybridized carbons (Fsp3) is 0.120. The fourth-order valence-corrected chi connectivity index (χ4v) is 4.71. The number of rotatable bonds is 7. The average molecular weight is 528 g/mol. The van der Waals surface area contributed by atoms with Crippen LogP contribution in [0.25, 0.3) is 6.08 Å². The van der Waals surface area contributed by atoms with E-state index in [9.17, 15) is 14.0 Å². The van der Waals surface area contributed by atoms with Crippen LogP contribution >= 0.6 is 27.7 Å². The van der Waals surface area contributed by atoms with Gasteiger partial charge in [-0.2, -0.15) is 0 Å². The normalized spacial score (nSPS) is 14.8. The molecule has 0 aliphatic carbocycles. The fourth-order valence-electron chi connectivity index (χ4n) is 3.30. The zero-order valence-corrected chi connectivity index (χ0v) is 20.0. The van der Waals surface area contributed by atoms with Crippen molar-refractivity contribution in [3.05, 3.63) is 98.6 Å². The maximum Gasteiger partial charge on any atom is 0.293 e. The Morgan fingerprint density at radius 1 is 1.03 bits per heavy atom. The zero-order chi connectivity index (χ0) is 23.4. The van der Waals surface area contributed by atoms with Crippen molar-refractivity contribution in [1.29, 1.82) is 0 Å². The van der Waals surface area contributed by atoms with Crippen LogP contribution in [0, 0.1) is 5.82 Å². The molecule has 1 fully saturated rings. The summed E-state index contributed by atoms with van der Waals surface area (Å²) in [5, 5.41) is -0.309. The van der Waals surface area contributed by atoms with E-state index >= 15 is 0 Å². The van der Waals surface area contributed by atoms with Gasteiger partial charge in [0.05, 0.1) is 23.0 Å². The highest BCUT2D eigenvalue weighted by Crippen LogP contribution is 2.39. The highest BCUT2D eigenvalue weighted by molar-refractivity contribution is 9.10. The summed E-state index contributed by atoms with van der Waals surface area (Å²) in [5.74, 6) is 0.223. The molecule has 5 nitrogen and oxygen atoms in total. The number of thioether (sulfide) groups is 1. The van der Waals surface area contributed by atoms with E-state index in [1.165, 1.54) is 24.1 Å². The van der Waals surface area contributed by atoms with Crippen molar-refractivity contribution < 1.29 is 23.5 Å². The molecule has 1 heterocycles. The number of nitrogens with zero attached hydrogens (tertiary/aromatic N) is 1. The minimum atomic E-state index is -0.338. The Bertz CT molecular complexity index is 1230. The number of hydrogen-bond acceptors (Lipinski definition) is 5. The third-order valence-corrected chi connectivity index (χ3v) is 6.38. The van der Waals surface area contributed by atoms with Gasteiger partial charge in [0, 0.05) is 0 Å². The van der Waals surface area contributed by atoms with E-state index in [1.807, 2.05) is 30.3 Å². The Labute approximate surface area is 203 Å². The first-order valence-electron chi connectivity index (χ1n) is 9.98. The summed E-state index contributed by atoms with van der Waals surface area (Å²) in [6.45, 7) is 0.382. The summed E-state index contributed by atoms with van der Waals surface area (Å²) in [4.78, 5) is 26.8. The Balaban J connectivity index is 1.53. The number of ether oxygens (including phenoxy) is 2. The van der Waals surface area contributed by atoms with Crippen LogP contribution in [0.15, 0.2) is 76.1 Å². The van der Waals surface area contributed by atoms with Crippen molar-refractivity contribution in [2.24, 2.45) is 0 Å². The van der Waals surface area contributed by atoms with Crippen LogP contribution in [-0.4, -0.2) is 23.2 Å². The molecule has 1 saturated heterocycles. The molecule has 8 heteroatoms. The topological polar surface area (TPSA) is 55.8 Å². The second-order valence-corrected chi connectivity index (χ2v) is 9.05. The van der Waals surface area contributed by atoms with E-state index in [0.29, 0.717) is 32.0 Å². The predicted molar refractivity (Wildman–Crippen MR) is 129 cm³/mol. The van der Waals surface area contributed by atoms with Gasteiger partial charge in [-0.15, -0.1) is 0 Å². The zero-order valence-electron chi connectivity index (χ0n) is 17.6. The molecule has 0 aromatic heterocycles. The molecule has 0 radical (unpaired) electrons. The average Bonchev–Trinajstić information content (AvgIpc) is 3.06. The Morgan fingerprint density at radius 2 is 1.79 bits per heavy atom. The third-order valence-electron chi connectivity index (χ3n) is 4.88. The number of benzene rings is 3. The molecule has 3 aromatic rings. The van der Waals surface area contributed by atoms with Crippen LogP contribution in [0.2, 0.25) is 0 Å². The van der Waals surface area contributed by atoms with E-state index in [0.717, 1.165) is 17.3 Å². The van der Waals surface area contributed by atoms with Crippen LogP contribution in [0.1, 0.15) is 16.7 Å². The monoisotopic (exact) mass is 527 g/mol. The SMILES string of the molecule is COc1cc(/C=C2/SC(=O)N(Cc3ccccc3)C2=O)cc(Br)c1OCc1cccc(F)c1. The Morgan fingerprint density at radius 3 is 2.52 bits per heavy atom. The number of amides is 2. The van der Waals surface area contributed by atoms with Crippen molar-refractivity contribution >= 4 is 44.9 Å². The highest BCUT2D eigenvalue weighted by atomic mass is 79.9. The van der Waals surface area contributed by atoms with Crippen LogP contribution in [0.5, 0.6) is 11.5 Å². The second-order valence-electron chi connectivity index (χ2n) is 7.21. The van der Waals surface area contributed by atoms with Gasteiger partial charge >= 0.3 is 0 Å². The minimum Gasteiger partial charge on any atom is -0.493 e. The lowest BCUT2D eigenvalue weighted by atomic mass is 10.1. The third kappa shape index (κ3) is 5.46. The Kier molecular flexibility index (Phi) is 7.15. The lowest BCUT2D eigenvalue weighted by Gasteiger charge is -2.14. The van der Waals surface area contributed by atoms with Crippen LogP contribution in [-0.2, 0) is 17.9 Å². The van der Waals surface area contributed by atoms with Crippen LogP contribution in [0.4, 0.5) is 9.18 Å². The van der Waals surface area contributed by atoms with Crippen molar-refractivity contribution in [2.75, 3.05) is 7.11 Å². The van der Waals surface area contributed by atoms with Gasteiger partial charge in [0.1, 0.15) is 12.4 Å². The van der Waals surface area contributed by atoms with Gasteiger partial charge in [-0.05, 0) is 74.7 Å². The lowest BCUT2D eigenvalue weighted by Crippen LogP contribution is -2.27. The number of methoxy groups -OCH3 is 1. The first-order valence-corrected chi connectivity index (χ1v) is 11.6. The summed E-state index contributed by atoms with van der Waals surface area (Å²) < 4.78 is 25.3. The summed E-state index contributed by atoms with van der Waals surface area (Å²) in [7, 11) is 1.51. The van der Waals surface area contributed by atoms with Gasteiger partial charge in [0.2, 0.25) is 0 Å². The van der Waals surface area contributed by atoms with Gasteiger partial charge in [0.25, 0.3) is 11.1 Å². The molecular formula is C25H19BrFNO4S. The second kappa shape index (κ2) is 10.2. The number of carbonyl (C=O) groups excluding carboxylic acids is 2. The lowest BCUT2D eigenvalue weighted by molar-refractivity contribution is -0.123. The smallest absolute Gasteiger partial charge is 0.293 e. The molecule has 0 N–H and O–H groups in total. The molecule has 4 rings (SSSR count). The van der Waals surface area contributed by atoms with E-state index in [2.05, 4.69) is 15.9 Å². The van der Waals surface area contributed by atoms with Crippen molar-refractivity contribution in [3.63, 3.8) is 0 Å². The van der Waals surface area contributed by atoms with Crippen molar-refractivity contribution in [3.8, 4) is 11.5 Å². The van der Waals surface area contributed by atoms with Crippen LogP contribution < -0.4 is 9.47 Å². The standard InChI is InChI=1S/C25H19BrFNO4S/c1-31-21-12-18(11-20(26)23(21)32-15-17-8-5-9-19(27)10-17)13-22-24(29)28(25(30)33-22)14-16-6-3-2-4-7-16/h2-13H,14-15H2,1H3/b22-13+. The number of imide groups is 1. The van der Waals surface area contributed by atoms with Gasteiger partial charge in [-0.25, -0.2) is 4.39 Å². The van der Waals surface area contributed by atoms with Gasteiger partial charge in [-0.3, -0.25) is 14.5 Å². The molecule has 1 aliphatic rings. The summed E-state index contributed by atoms with van der Waals surface area (Å²) in [6.07, 6.45) is 1.65. The molecule has 0 unspecified atom stereocenters. The minimum absolute atomic E-state index is 0.157. The maximum atomic E-state index is 13.4. The van der Waals surface area contributed by atoms with E-state index in [1.54, 1.807) is 30.3 Å². The summed E-state index contributed by atoms with van der Waals surface area (Å²) in [6, 6.07) is 19.0. The molecule has 2 amide bonds. The van der Waals surface area contributed by atoms with Crippen molar-refractivity contribution in [2.45, 2.75) is 13.2 Å². The molecule has 0 bridgehead atoms. The Hall–Kier alpha value is -3.10. The first-order chi connectivity index (χ1) is 15.9. The van der Waals surface area contributed by atoms with Crippen LogP contribution in [0.3, 0.4) is 0 Å². The predicted octanol–water partition coefficient (Wildman–Crippen LogP) is 6.41. The van der Waals surface area contributed by atoms with Gasteiger partial charge in [0.15, 0.2) is 11.5 Å². The molecule has 1 aliphatic heterocycles. The van der Waals surface area contributed by atoms with E-state index in [-0.39, 0.29) is 30.1 Å². The van der Waals surface area contributed by atoms with E-state index in [4.69, 9.17) is 9.47 Å². The molecular weight excluding hydrogens is 509 g/mol.